The molecule has 2 heterocycles. The smallest absolute Gasteiger partial charge is 0.328 e. The molecule has 4 rings (SSSR count). The summed E-state index contributed by atoms with van der Waals surface area (Å²) in [5.74, 6) is 0.280. The van der Waals surface area contributed by atoms with Gasteiger partial charge in [-0.15, -0.1) is 11.3 Å². The Hall–Kier alpha value is -1.36. The van der Waals surface area contributed by atoms with Crippen molar-refractivity contribution in [2.45, 2.75) is 69.9 Å². The zero-order chi connectivity index (χ0) is 16.7. The summed E-state index contributed by atoms with van der Waals surface area (Å²) >= 11 is 1.72. The van der Waals surface area contributed by atoms with Crippen LogP contribution in [0.2, 0.25) is 0 Å². The highest BCUT2D eigenvalue weighted by Crippen LogP contribution is 2.42. The lowest BCUT2D eigenvalue weighted by atomic mass is 9.84. The maximum absolute atomic E-state index is 13.4. The minimum absolute atomic E-state index is 0.0687. The van der Waals surface area contributed by atoms with Gasteiger partial charge >= 0.3 is 5.97 Å². The minimum atomic E-state index is -0.394. The second-order valence-electron chi connectivity index (χ2n) is 7.36. The number of amides is 1. The van der Waals surface area contributed by atoms with Crippen molar-refractivity contribution >= 4 is 23.2 Å². The summed E-state index contributed by atoms with van der Waals surface area (Å²) in [7, 11) is 1.43. The van der Waals surface area contributed by atoms with Gasteiger partial charge in [0.2, 0.25) is 0 Å². The zero-order valence-corrected chi connectivity index (χ0v) is 15.1. The Labute approximate surface area is 147 Å². The first-order valence-electron chi connectivity index (χ1n) is 9.20. The topological polar surface area (TPSA) is 46.6 Å². The van der Waals surface area contributed by atoms with Crippen LogP contribution in [0.5, 0.6) is 0 Å². The summed E-state index contributed by atoms with van der Waals surface area (Å²) in [5, 5.41) is 2.03. The lowest BCUT2D eigenvalue weighted by Crippen LogP contribution is -2.46. The number of ether oxygens (including phenoxy) is 1. The Morgan fingerprint density at radius 1 is 1.17 bits per heavy atom. The number of fused-ring (bicyclic) bond motifs is 2. The van der Waals surface area contributed by atoms with Crippen LogP contribution in [0.25, 0.3) is 0 Å². The predicted molar refractivity (Wildman–Crippen MR) is 93.3 cm³/mol. The average molecular weight is 347 g/mol. The van der Waals surface area contributed by atoms with E-state index in [2.05, 4.69) is 0 Å². The van der Waals surface area contributed by atoms with Crippen LogP contribution < -0.4 is 0 Å². The van der Waals surface area contributed by atoms with E-state index in [0.717, 1.165) is 50.5 Å². The summed E-state index contributed by atoms with van der Waals surface area (Å²) in [6.07, 6.45) is 9.78. The van der Waals surface area contributed by atoms with Crippen LogP contribution in [0.3, 0.4) is 0 Å². The van der Waals surface area contributed by atoms with Crippen LogP contribution in [0, 0.1) is 5.92 Å². The van der Waals surface area contributed by atoms with Crippen molar-refractivity contribution in [1.82, 2.24) is 4.90 Å². The summed E-state index contributed by atoms with van der Waals surface area (Å²) in [5.41, 5.74) is 2.11. The molecule has 0 bridgehead atoms. The van der Waals surface area contributed by atoms with Gasteiger partial charge in [0.15, 0.2) is 0 Å². The molecule has 1 aromatic heterocycles. The van der Waals surface area contributed by atoms with Crippen molar-refractivity contribution in [2.75, 3.05) is 7.11 Å². The molecule has 4 nitrogen and oxygen atoms in total. The van der Waals surface area contributed by atoms with Gasteiger partial charge in [0.05, 0.1) is 12.7 Å². The third kappa shape index (κ3) is 2.57. The average Bonchev–Trinajstić information content (AvgIpc) is 3.22. The van der Waals surface area contributed by atoms with Crippen LogP contribution in [0.15, 0.2) is 5.38 Å². The van der Waals surface area contributed by atoms with Gasteiger partial charge in [0.25, 0.3) is 5.91 Å². The van der Waals surface area contributed by atoms with E-state index in [9.17, 15) is 9.59 Å². The minimum Gasteiger partial charge on any atom is -0.467 e. The molecule has 1 saturated carbocycles. The first-order valence-corrected chi connectivity index (χ1v) is 10.1. The predicted octanol–water partition coefficient (Wildman–Crippen LogP) is 3.57. The molecule has 1 aromatic rings. The van der Waals surface area contributed by atoms with Crippen molar-refractivity contribution in [3.63, 3.8) is 0 Å². The Balaban J connectivity index is 1.67. The standard InChI is InChI=1S/C19H25NO3S/c1-23-19(22)16-10-12-6-2-4-8-15(12)20(16)18(21)14-11-24-17-9-5-3-7-13(14)17/h11-12,15-16H,2-10H2,1H3/t12-,15-,16+/m1/s1. The summed E-state index contributed by atoms with van der Waals surface area (Å²) in [4.78, 5) is 29.0. The molecule has 0 radical (unpaired) electrons. The maximum Gasteiger partial charge on any atom is 0.328 e. The number of likely N-dealkylation sites (tertiary alicyclic amines) is 1. The molecule has 24 heavy (non-hydrogen) atoms. The highest BCUT2D eigenvalue weighted by Gasteiger charge is 2.48. The number of methoxy groups -OCH3 is 1. The lowest BCUT2D eigenvalue weighted by Gasteiger charge is -2.33. The third-order valence-electron chi connectivity index (χ3n) is 6.09. The molecule has 2 fully saturated rings. The molecule has 0 unspecified atom stereocenters. The number of nitrogens with zero attached hydrogens (tertiary/aromatic N) is 1. The second-order valence-corrected chi connectivity index (χ2v) is 8.32. The number of hydrogen-bond donors (Lipinski definition) is 0. The van der Waals surface area contributed by atoms with Gasteiger partial charge in [0, 0.05) is 16.3 Å². The van der Waals surface area contributed by atoms with Gasteiger partial charge in [-0.2, -0.15) is 0 Å². The zero-order valence-electron chi connectivity index (χ0n) is 14.3. The first-order chi connectivity index (χ1) is 11.7. The molecule has 1 saturated heterocycles. The van der Waals surface area contributed by atoms with E-state index >= 15 is 0 Å². The molecular weight excluding hydrogens is 322 g/mol. The van der Waals surface area contributed by atoms with Crippen LogP contribution in [0.1, 0.15) is 65.7 Å². The molecular formula is C19H25NO3S. The number of rotatable bonds is 2. The monoisotopic (exact) mass is 347 g/mol. The van der Waals surface area contributed by atoms with Crippen LogP contribution >= 0.6 is 11.3 Å². The highest BCUT2D eigenvalue weighted by molar-refractivity contribution is 7.10. The van der Waals surface area contributed by atoms with Gasteiger partial charge in [-0.05, 0) is 56.4 Å². The number of esters is 1. The van der Waals surface area contributed by atoms with E-state index in [-0.39, 0.29) is 17.9 Å². The molecule has 1 aliphatic heterocycles. The largest absolute Gasteiger partial charge is 0.467 e. The molecule has 130 valence electrons. The third-order valence-corrected chi connectivity index (χ3v) is 7.18. The number of carbonyl (C=O) groups is 2. The van der Waals surface area contributed by atoms with E-state index in [4.69, 9.17) is 4.74 Å². The Morgan fingerprint density at radius 2 is 1.96 bits per heavy atom. The van der Waals surface area contributed by atoms with Gasteiger partial charge in [-0.25, -0.2) is 4.79 Å². The number of thiophene rings is 1. The van der Waals surface area contributed by atoms with Crippen molar-refractivity contribution in [3.8, 4) is 0 Å². The molecule has 0 N–H and O–H groups in total. The van der Waals surface area contributed by atoms with Gasteiger partial charge < -0.3 is 9.64 Å². The molecule has 2 aliphatic carbocycles. The molecule has 0 spiro atoms. The quantitative estimate of drug-likeness (QED) is 0.768. The first kappa shape index (κ1) is 16.1. The SMILES string of the molecule is COC(=O)[C@@H]1C[C@H]2CCCC[C@H]2N1C(=O)c1csc2c1CCCC2. The van der Waals surface area contributed by atoms with E-state index in [1.807, 2.05) is 10.3 Å². The number of carbonyl (C=O) groups excluding carboxylic acids is 2. The van der Waals surface area contributed by atoms with E-state index < -0.39 is 6.04 Å². The molecule has 0 aromatic carbocycles. The van der Waals surface area contributed by atoms with Crippen molar-refractivity contribution in [3.05, 3.63) is 21.4 Å². The molecule has 5 heteroatoms. The maximum atomic E-state index is 13.4. The van der Waals surface area contributed by atoms with Gasteiger partial charge in [-0.3, -0.25) is 4.79 Å². The van der Waals surface area contributed by atoms with Crippen molar-refractivity contribution < 1.29 is 14.3 Å². The fourth-order valence-corrected chi connectivity index (χ4v) is 6.03. The van der Waals surface area contributed by atoms with Crippen molar-refractivity contribution in [2.24, 2.45) is 5.92 Å². The van der Waals surface area contributed by atoms with E-state index in [1.165, 1.54) is 30.4 Å². The van der Waals surface area contributed by atoms with Crippen molar-refractivity contribution in [1.29, 1.82) is 0 Å². The van der Waals surface area contributed by atoms with Gasteiger partial charge in [-0.1, -0.05) is 12.8 Å². The number of hydrogen-bond acceptors (Lipinski definition) is 4. The van der Waals surface area contributed by atoms with Crippen LogP contribution in [-0.4, -0.2) is 36.0 Å². The van der Waals surface area contributed by atoms with Gasteiger partial charge in [0.1, 0.15) is 6.04 Å². The molecule has 3 atom stereocenters. The van der Waals surface area contributed by atoms with E-state index in [1.54, 1.807) is 11.3 Å². The normalized spacial score (nSPS) is 29.0. The second kappa shape index (κ2) is 6.51. The molecule has 1 amide bonds. The number of aryl methyl sites for hydroxylation is 1. The lowest BCUT2D eigenvalue weighted by molar-refractivity contribution is -0.145. The summed E-state index contributed by atoms with van der Waals surface area (Å²) in [6, 6.07) is -0.177. The molecule has 3 aliphatic rings. The summed E-state index contributed by atoms with van der Waals surface area (Å²) < 4.78 is 5.02. The fraction of sp³-hybridized carbons (Fsp3) is 0.684. The highest BCUT2D eigenvalue weighted by atomic mass is 32.1. The van der Waals surface area contributed by atoms with Crippen LogP contribution in [0.4, 0.5) is 0 Å². The van der Waals surface area contributed by atoms with E-state index in [0.29, 0.717) is 5.92 Å². The Bertz CT molecular complexity index is 653. The fourth-order valence-electron chi connectivity index (χ4n) is 4.91. The summed E-state index contributed by atoms with van der Waals surface area (Å²) in [6.45, 7) is 0. The van der Waals surface area contributed by atoms with Crippen LogP contribution in [-0.2, 0) is 22.4 Å². The Morgan fingerprint density at radius 3 is 2.79 bits per heavy atom. The Kier molecular flexibility index (Phi) is 4.37.